The van der Waals surface area contributed by atoms with Crippen LogP contribution in [0.1, 0.15) is 18.5 Å². The predicted molar refractivity (Wildman–Crippen MR) is 68.4 cm³/mol. The molecule has 2 heterocycles. The maximum atomic E-state index is 5.52. The molecule has 17 heavy (non-hydrogen) atoms. The van der Waals surface area contributed by atoms with Gasteiger partial charge >= 0.3 is 0 Å². The summed E-state index contributed by atoms with van der Waals surface area (Å²) < 4.78 is 0. The quantitative estimate of drug-likeness (QED) is 0.830. The molecule has 1 atom stereocenters. The number of nitrogens with two attached hydrogens (primary N) is 1. The Hall–Kier alpha value is -1.20. The fourth-order valence-corrected chi connectivity index (χ4v) is 2.33. The number of hydrogen-bond acceptors (Lipinski definition) is 5. The molecule has 5 nitrogen and oxygen atoms in total. The monoisotopic (exact) mass is 235 g/mol. The number of anilines is 1. The van der Waals surface area contributed by atoms with Crippen LogP contribution in [0.3, 0.4) is 0 Å². The molecule has 0 saturated carbocycles. The van der Waals surface area contributed by atoms with Crippen LogP contribution in [0.2, 0.25) is 0 Å². The highest BCUT2D eigenvalue weighted by Crippen LogP contribution is 2.15. The van der Waals surface area contributed by atoms with Crippen LogP contribution in [-0.2, 0) is 6.54 Å². The van der Waals surface area contributed by atoms with Crippen LogP contribution in [-0.4, -0.2) is 53.0 Å². The van der Waals surface area contributed by atoms with Gasteiger partial charge in [-0.15, -0.1) is 0 Å². The van der Waals surface area contributed by atoms with Crippen LogP contribution in [0.25, 0.3) is 0 Å². The van der Waals surface area contributed by atoms with Gasteiger partial charge in [0.05, 0.1) is 18.1 Å². The largest absolute Gasteiger partial charge is 0.382 e. The van der Waals surface area contributed by atoms with Crippen molar-refractivity contribution in [3.63, 3.8) is 0 Å². The van der Waals surface area contributed by atoms with E-state index >= 15 is 0 Å². The van der Waals surface area contributed by atoms with Gasteiger partial charge in [-0.25, -0.2) is 4.98 Å². The van der Waals surface area contributed by atoms with E-state index in [2.05, 4.69) is 33.9 Å². The van der Waals surface area contributed by atoms with Crippen molar-refractivity contribution < 1.29 is 0 Å². The first-order valence-corrected chi connectivity index (χ1v) is 6.10. The number of nitrogen functional groups attached to an aromatic ring is 1. The number of likely N-dealkylation sites (N-methyl/N-ethyl adjacent to an activating group) is 2. The number of aromatic nitrogens is 2. The molecule has 0 aliphatic carbocycles. The van der Waals surface area contributed by atoms with E-state index in [9.17, 15) is 0 Å². The Labute approximate surface area is 103 Å². The predicted octanol–water partition coefficient (Wildman–Crippen LogP) is 0.585. The Kier molecular flexibility index (Phi) is 3.91. The van der Waals surface area contributed by atoms with Crippen LogP contribution in [0.5, 0.6) is 0 Å². The van der Waals surface area contributed by atoms with Crippen LogP contribution >= 0.6 is 0 Å². The fourth-order valence-electron chi connectivity index (χ4n) is 2.33. The van der Waals surface area contributed by atoms with Crippen molar-refractivity contribution in [2.75, 3.05) is 32.9 Å². The van der Waals surface area contributed by atoms with Gasteiger partial charge in [-0.1, -0.05) is 0 Å². The zero-order valence-corrected chi connectivity index (χ0v) is 10.6. The van der Waals surface area contributed by atoms with Crippen LogP contribution in [0.4, 0.5) is 5.82 Å². The first kappa shape index (κ1) is 12.3. The van der Waals surface area contributed by atoms with Crippen molar-refractivity contribution in [3.05, 3.63) is 18.1 Å². The first-order valence-electron chi connectivity index (χ1n) is 6.10. The molecule has 1 unspecified atom stereocenters. The van der Waals surface area contributed by atoms with Gasteiger partial charge in [0, 0.05) is 19.1 Å². The van der Waals surface area contributed by atoms with E-state index in [0.29, 0.717) is 11.9 Å². The third kappa shape index (κ3) is 3.38. The first-order chi connectivity index (χ1) is 8.15. The summed E-state index contributed by atoms with van der Waals surface area (Å²) in [5, 5.41) is 0. The lowest BCUT2D eigenvalue weighted by Crippen LogP contribution is -2.44. The molecule has 0 bridgehead atoms. The van der Waals surface area contributed by atoms with E-state index in [0.717, 1.165) is 18.8 Å². The van der Waals surface area contributed by atoms with E-state index in [-0.39, 0.29) is 0 Å². The molecule has 5 heteroatoms. The average Bonchev–Trinajstić information content (AvgIpc) is 2.32. The maximum Gasteiger partial charge on any atom is 0.141 e. The molecule has 0 radical (unpaired) electrons. The van der Waals surface area contributed by atoms with Gasteiger partial charge in [0.15, 0.2) is 0 Å². The second-order valence-corrected chi connectivity index (χ2v) is 4.91. The lowest BCUT2D eigenvalue weighted by molar-refractivity contribution is 0.128. The summed E-state index contributed by atoms with van der Waals surface area (Å²) in [6.07, 6.45) is 5.93. The van der Waals surface area contributed by atoms with E-state index in [1.165, 1.54) is 19.4 Å². The topological polar surface area (TPSA) is 58.3 Å². The van der Waals surface area contributed by atoms with E-state index in [1.807, 2.05) is 0 Å². The number of piperidine rings is 1. The van der Waals surface area contributed by atoms with Crippen molar-refractivity contribution in [2.45, 2.75) is 25.4 Å². The highest BCUT2D eigenvalue weighted by atomic mass is 15.2. The molecule has 0 spiro atoms. The summed E-state index contributed by atoms with van der Waals surface area (Å²) in [4.78, 5) is 13.1. The molecule has 1 saturated heterocycles. The zero-order chi connectivity index (χ0) is 12.3. The highest BCUT2D eigenvalue weighted by Gasteiger charge is 2.21. The SMILES string of the molecule is CN1CCCC(N(C)Cc2cnc(N)cn2)C1. The van der Waals surface area contributed by atoms with Gasteiger partial charge in [0.1, 0.15) is 5.82 Å². The molecular weight excluding hydrogens is 214 g/mol. The van der Waals surface area contributed by atoms with E-state index in [1.54, 1.807) is 12.4 Å². The molecule has 0 aromatic carbocycles. The molecule has 1 aliphatic heterocycles. The summed E-state index contributed by atoms with van der Waals surface area (Å²) in [6, 6.07) is 0.619. The standard InChI is InChI=1S/C12H21N5/c1-16-5-3-4-11(9-16)17(2)8-10-6-15-12(13)7-14-10/h6-7,11H,3-5,8-9H2,1-2H3,(H2,13,15). The normalized spacial score (nSPS) is 21.9. The van der Waals surface area contributed by atoms with Crippen LogP contribution in [0, 0.1) is 0 Å². The van der Waals surface area contributed by atoms with Crippen molar-refractivity contribution in [1.29, 1.82) is 0 Å². The molecule has 1 aromatic heterocycles. The maximum absolute atomic E-state index is 5.52. The summed E-state index contributed by atoms with van der Waals surface area (Å²) in [6.45, 7) is 3.19. The van der Waals surface area contributed by atoms with Gasteiger partial charge in [-0.05, 0) is 33.5 Å². The third-order valence-corrected chi connectivity index (χ3v) is 3.36. The molecule has 94 valence electrons. The lowest BCUT2D eigenvalue weighted by Gasteiger charge is -2.35. The third-order valence-electron chi connectivity index (χ3n) is 3.36. The zero-order valence-electron chi connectivity index (χ0n) is 10.6. The van der Waals surface area contributed by atoms with E-state index < -0.39 is 0 Å². The second kappa shape index (κ2) is 5.42. The number of nitrogens with zero attached hydrogens (tertiary/aromatic N) is 4. The fraction of sp³-hybridized carbons (Fsp3) is 0.667. The molecule has 1 aliphatic rings. The molecule has 1 aromatic rings. The molecule has 1 fully saturated rings. The second-order valence-electron chi connectivity index (χ2n) is 4.91. The van der Waals surface area contributed by atoms with Crippen molar-refractivity contribution in [1.82, 2.24) is 19.8 Å². The Bertz CT molecular complexity index is 350. The Morgan fingerprint density at radius 1 is 1.47 bits per heavy atom. The van der Waals surface area contributed by atoms with Crippen molar-refractivity contribution in [2.24, 2.45) is 0 Å². The summed E-state index contributed by atoms with van der Waals surface area (Å²) in [5.41, 5.74) is 6.51. The molecule has 2 rings (SSSR count). The number of hydrogen-bond donors (Lipinski definition) is 1. The van der Waals surface area contributed by atoms with Gasteiger partial charge < -0.3 is 10.6 Å². The summed E-state index contributed by atoms with van der Waals surface area (Å²) in [7, 11) is 4.34. The minimum Gasteiger partial charge on any atom is -0.382 e. The minimum atomic E-state index is 0.480. The molecule has 0 amide bonds. The van der Waals surface area contributed by atoms with Gasteiger partial charge in [0.25, 0.3) is 0 Å². The Morgan fingerprint density at radius 3 is 2.94 bits per heavy atom. The van der Waals surface area contributed by atoms with Crippen molar-refractivity contribution >= 4 is 5.82 Å². The molecule has 2 N–H and O–H groups in total. The average molecular weight is 235 g/mol. The Morgan fingerprint density at radius 2 is 2.29 bits per heavy atom. The van der Waals surface area contributed by atoms with Gasteiger partial charge in [0.2, 0.25) is 0 Å². The number of likely N-dealkylation sites (tertiary alicyclic amines) is 1. The highest BCUT2D eigenvalue weighted by molar-refractivity contribution is 5.22. The number of rotatable bonds is 3. The van der Waals surface area contributed by atoms with Gasteiger partial charge in [-0.2, -0.15) is 0 Å². The van der Waals surface area contributed by atoms with Crippen LogP contribution in [0.15, 0.2) is 12.4 Å². The van der Waals surface area contributed by atoms with Crippen molar-refractivity contribution in [3.8, 4) is 0 Å². The van der Waals surface area contributed by atoms with Gasteiger partial charge in [-0.3, -0.25) is 9.88 Å². The van der Waals surface area contributed by atoms with E-state index in [4.69, 9.17) is 5.73 Å². The summed E-state index contributed by atoms with van der Waals surface area (Å²) >= 11 is 0. The molecular formula is C12H21N5. The minimum absolute atomic E-state index is 0.480. The van der Waals surface area contributed by atoms with Crippen LogP contribution < -0.4 is 5.73 Å². The smallest absolute Gasteiger partial charge is 0.141 e. The lowest BCUT2D eigenvalue weighted by atomic mass is 10.1. The summed E-state index contributed by atoms with van der Waals surface area (Å²) in [5.74, 6) is 0.480. The Balaban J connectivity index is 1.91.